The van der Waals surface area contributed by atoms with Gasteiger partial charge in [0.15, 0.2) is 0 Å². The van der Waals surface area contributed by atoms with Crippen LogP contribution in [0.3, 0.4) is 0 Å². The lowest BCUT2D eigenvalue weighted by atomic mass is 10.2. The Morgan fingerprint density at radius 2 is 1.74 bits per heavy atom. The molecular weight excluding hydrogens is 245 g/mol. The number of oxime groups is 1. The number of hydrogen-bond donors (Lipinski definition) is 0. The third-order valence-corrected chi connectivity index (χ3v) is 2.54. The highest BCUT2D eigenvalue weighted by Gasteiger charge is 1.94. The van der Waals surface area contributed by atoms with Crippen molar-refractivity contribution in [1.29, 1.82) is 0 Å². The molecule has 0 amide bonds. The van der Waals surface area contributed by atoms with E-state index in [2.05, 4.69) is 5.16 Å². The number of benzene rings is 2. The van der Waals surface area contributed by atoms with Gasteiger partial charge in [-0.2, -0.15) is 0 Å². The van der Waals surface area contributed by atoms with Crippen molar-refractivity contribution >= 4 is 6.21 Å². The zero-order valence-electron chi connectivity index (χ0n) is 10.5. The smallest absolute Gasteiger partial charge is 0.142 e. The van der Waals surface area contributed by atoms with Crippen LogP contribution in [-0.2, 0) is 11.4 Å². The third-order valence-electron chi connectivity index (χ3n) is 2.54. The summed E-state index contributed by atoms with van der Waals surface area (Å²) in [5.74, 6) is 0.537. The molecule has 0 heterocycles. The molecule has 0 atom stereocenters. The van der Waals surface area contributed by atoms with Crippen LogP contribution in [0.5, 0.6) is 5.75 Å². The van der Waals surface area contributed by atoms with E-state index in [1.807, 2.05) is 24.3 Å². The molecule has 0 aliphatic rings. The third kappa shape index (κ3) is 4.10. The topological polar surface area (TPSA) is 30.8 Å². The summed E-state index contributed by atoms with van der Waals surface area (Å²) in [4.78, 5) is 5.14. The molecule has 0 N–H and O–H groups in total. The van der Waals surface area contributed by atoms with Crippen LogP contribution in [0.15, 0.2) is 53.7 Å². The van der Waals surface area contributed by atoms with E-state index in [-0.39, 0.29) is 5.82 Å². The quantitative estimate of drug-likeness (QED) is 0.608. The van der Waals surface area contributed by atoms with Gasteiger partial charge in [0.25, 0.3) is 0 Å². The summed E-state index contributed by atoms with van der Waals surface area (Å²) in [5.41, 5.74) is 1.79. The van der Waals surface area contributed by atoms with Gasteiger partial charge in [0.05, 0.1) is 13.3 Å². The number of methoxy groups -OCH3 is 1. The zero-order chi connectivity index (χ0) is 13.5. The fourth-order valence-corrected chi connectivity index (χ4v) is 1.48. The molecule has 98 valence electrons. The maximum Gasteiger partial charge on any atom is 0.142 e. The summed E-state index contributed by atoms with van der Waals surface area (Å²) < 4.78 is 17.7. The molecule has 2 aromatic rings. The van der Waals surface area contributed by atoms with Crippen LogP contribution in [-0.4, -0.2) is 13.3 Å². The number of hydrogen-bond acceptors (Lipinski definition) is 3. The fraction of sp³-hybridized carbons (Fsp3) is 0.133. The lowest BCUT2D eigenvalue weighted by Crippen LogP contribution is -1.89. The lowest BCUT2D eigenvalue weighted by molar-refractivity contribution is 0.132. The first kappa shape index (κ1) is 13.1. The Morgan fingerprint density at radius 3 is 2.37 bits per heavy atom. The van der Waals surface area contributed by atoms with Crippen LogP contribution in [0.4, 0.5) is 4.39 Å². The van der Waals surface area contributed by atoms with Gasteiger partial charge in [0.2, 0.25) is 0 Å². The van der Waals surface area contributed by atoms with Gasteiger partial charge in [0, 0.05) is 0 Å². The number of rotatable bonds is 5. The minimum atomic E-state index is -0.259. The van der Waals surface area contributed by atoms with E-state index in [0.717, 1.165) is 16.9 Å². The summed E-state index contributed by atoms with van der Waals surface area (Å²) in [6, 6.07) is 13.6. The van der Waals surface area contributed by atoms with E-state index in [0.29, 0.717) is 6.61 Å². The van der Waals surface area contributed by atoms with E-state index in [9.17, 15) is 4.39 Å². The molecule has 0 saturated carbocycles. The molecular formula is C15H14FNO2. The summed E-state index contributed by atoms with van der Waals surface area (Å²) in [6.45, 7) is 0.312. The Hall–Kier alpha value is -2.36. The highest BCUT2D eigenvalue weighted by molar-refractivity contribution is 5.79. The van der Waals surface area contributed by atoms with Crippen molar-refractivity contribution in [2.24, 2.45) is 5.16 Å². The first-order valence-electron chi connectivity index (χ1n) is 5.82. The van der Waals surface area contributed by atoms with E-state index in [4.69, 9.17) is 9.57 Å². The second-order valence-electron chi connectivity index (χ2n) is 3.91. The minimum Gasteiger partial charge on any atom is -0.497 e. The second-order valence-corrected chi connectivity index (χ2v) is 3.91. The van der Waals surface area contributed by atoms with Crippen LogP contribution in [0, 0.1) is 5.82 Å². The van der Waals surface area contributed by atoms with Gasteiger partial charge >= 0.3 is 0 Å². The lowest BCUT2D eigenvalue weighted by Gasteiger charge is -2.00. The van der Waals surface area contributed by atoms with Crippen molar-refractivity contribution in [3.8, 4) is 5.75 Å². The zero-order valence-corrected chi connectivity index (χ0v) is 10.5. The van der Waals surface area contributed by atoms with Gasteiger partial charge in [0.1, 0.15) is 18.2 Å². The van der Waals surface area contributed by atoms with E-state index < -0.39 is 0 Å². The molecule has 0 aromatic heterocycles. The van der Waals surface area contributed by atoms with Crippen LogP contribution in [0.1, 0.15) is 11.1 Å². The summed E-state index contributed by atoms with van der Waals surface area (Å²) in [7, 11) is 1.62. The molecule has 0 aliphatic heterocycles. The van der Waals surface area contributed by atoms with E-state index >= 15 is 0 Å². The molecule has 0 fully saturated rings. The highest BCUT2D eigenvalue weighted by atomic mass is 19.1. The molecule has 2 rings (SSSR count). The van der Waals surface area contributed by atoms with Gasteiger partial charge in [-0.15, -0.1) is 0 Å². The predicted octanol–water partition coefficient (Wildman–Crippen LogP) is 3.39. The van der Waals surface area contributed by atoms with Crippen LogP contribution in [0.25, 0.3) is 0 Å². The molecule has 0 spiro atoms. The summed E-state index contributed by atoms with van der Waals surface area (Å²) in [6.07, 6.45) is 1.61. The van der Waals surface area contributed by atoms with Crippen molar-refractivity contribution in [2.75, 3.05) is 7.11 Å². The molecule has 0 unspecified atom stereocenters. The minimum absolute atomic E-state index is 0.259. The molecule has 0 radical (unpaired) electrons. The summed E-state index contributed by atoms with van der Waals surface area (Å²) in [5, 5.41) is 3.86. The molecule has 0 aliphatic carbocycles. The van der Waals surface area contributed by atoms with Gasteiger partial charge in [-0.05, 0) is 47.5 Å². The number of nitrogens with zero attached hydrogens (tertiary/aromatic N) is 1. The average molecular weight is 259 g/mol. The first-order chi connectivity index (χ1) is 9.28. The van der Waals surface area contributed by atoms with Crippen molar-refractivity contribution in [1.82, 2.24) is 0 Å². The number of halogens is 1. The fourth-order valence-electron chi connectivity index (χ4n) is 1.48. The van der Waals surface area contributed by atoms with Crippen LogP contribution < -0.4 is 4.74 Å². The monoisotopic (exact) mass is 259 g/mol. The molecule has 2 aromatic carbocycles. The van der Waals surface area contributed by atoms with Crippen LogP contribution >= 0.6 is 0 Å². The largest absolute Gasteiger partial charge is 0.497 e. The normalized spacial score (nSPS) is 10.6. The van der Waals surface area contributed by atoms with Crippen molar-refractivity contribution < 1.29 is 14.0 Å². The van der Waals surface area contributed by atoms with Crippen molar-refractivity contribution in [3.63, 3.8) is 0 Å². The molecule has 4 heteroatoms. The van der Waals surface area contributed by atoms with Crippen molar-refractivity contribution in [3.05, 3.63) is 65.5 Å². The Kier molecular flexibility index (Phi) is 4.50. The Morgan fingerprint density at radius 1 is 1.05 bits per heavy atom. The van der Waals surface area contributed by atoms with Gasteiger partial charge in [-0.3, -0.25) is 0 Å². The average Bonchev–Trinajstić information content (AvgIpc) is 2.46. The Labute approximate surface area is 111 Å². The molecule has 0 saturated heterocycles. The first-order valence-corrected chi connectivity index (χ1v) is 5.82. The molecule has 19 heavy (non-hydrogen) atoms. The predicted molar refractivity (Wildman–Crippen MR) is 71.8 cm³/mol. The molecule has 3 nitrogen and oxygen atoms in total. The van der Waals surface area contributed by atoms with Gasteiger partial charge in [-0.25, -0.2) is 4.39 Å². The second kappa shape index (κ2) is 6.54. The van der Waals surface area contributed by atoms with Gasteiger partial charge in [-0.1, -0.05) is 17.3 Å². The summed E-state index contributed by atoms with van der Waals surface area (Å²) >= 11 is 0. The standard InChI is InChI=1S/C15H14FNO2/c1-18-15-8-4-12(5-9-15)10-17-19-11-13-2-6-14(16)7-3-13/h2-10H,11H2,1H3. The van der Waals surface area contributed by atoms with Crippen LogP contribution in [0.2, 0.25) is 0 Å². The highest BCUT2D eigenvalue weighted by Crippen LogP contribution is 2.10. The Bertz CT molecular complexity index is 535. The number of ether oxygens (including phenoxy) is 1. The van der Waals surface area contributed by atoms with E-state index in [1.165, 1.54) is 12.1 Å². The molecule has 0 bridgehead atoms. The maximum atomic E-state index is 12.7. The SMILES string of the molecule is COc1ccc(C=NOCc2ccc(F)cc2)cc1. The maximum absolute atomic E-state index is 12.7. The van der Waals surface area contributed by atoms with E-state index in [1.54, 1.807) is 25.5 Å². The Balaban J connectivity index is 1.84. The van der Waals surface area contributed by atoms with Gasteiger partial charge < -0.3 is 9.57 Å². The van der Waals surface area contributed by atoms with Crippen molar-refractivity contribution in [2.45, 2.75) is 6.61 Å².